The summed E-state index contributed by atoms with van der Waals surface area (Å²) in [5.41, 5.74) is 2.62. The maximum absolute atomic E-state index is 12.2. The highest BCUT2D eigenvalue weighted by atomic mass is 32.2. The van der Waals surface area contributed by atoms with Crippen LogP contribution in [0.4, 0.5) is 0 Å². The van der Waals surface area contributed by atoms with Crippen molar-refractivity contribution in [3.05, 3.63) is 59.2 Å². The van der Waals surface area contributed by atoms with Gasteiger partial charge in [-0.1, -0.05) is 29.8 Å². The SMILES string of the molecule is Cc1ccc(OS(=O)(=O)c2cc(C)ccc2C)cc1. The molecular weight excluding hydrogens is 260 g/mol. The zero-order valence-corrected chi connectivity index (χ0v) is 12.0. The lowest BCUT2D eigenvalue weighted by atomic mass is 10.2. The Morgan fingerprint density at radius 3 is 2.05 bits per heavy atom. The topological polar surface area (TPSA) is 43.4 Å². The molecule has 0 spiro atoms. The van der Waals surface area contributed by atoms with Crippen molar-refractivity contribution in [2.45, 2.75) is 25.7 Å². The van der Waals surface area contributed by atoms with E-state index in [2.05, 4.69) is 0 Å². The van der Waals surface area contributed by atoms with Gasteiger partial charge >= 0.3 is 10.1 Å². The van der Waals surface area contributed by atoms with Crippen LogP contribution in [0.3, 0.4) is 0 Å². The Morgan fingerprint density at radius 2 is 1.42 bits per heavy atom. The number of hydrogen-bond donors (Lipinski definition) is 0. The molecule has 0 saturated heterocycles. The van der Waals surface area contributed by atoms with Crippen LogP contribution in [-0.4, -0.2) is 8.42 Å². The highest BCUT2D eigenvalue weighted by Gasteiger charge is 2.19. The highest BCUT2D eigenvalue weighted by molar-refractivity contribution is 7.87. The molecule has 0 aliphatic rings. The fourth-order valence-corrected chi connectivity index (χ4v) is 2.99. The van der Waals surface area contributed by atoms with Gasteiger partial charge in [-0.05, 0) is 50.1 Å². The van der Waals surface area contributed by atoms with Crippen molar-refractivity contribution >= 4 is 10.1 Å². The van der Waals surface area contributed by atoms with Crippen molar-refractivity contribution in [2.75, 3.05) is 0 Å². The third-order valence-corrected chi connectivity index (χ3v) is 4.23. The summed E-state index contributed by atoms with van der Waals surface area (Å²) >= 11 is 0. The van der Waals surface area contributed by atoms with Crippen LogP contribution in [0.15, 0.2) is 47.4 Å². The molecule has 2 aromatic rings. The van der Waals surface area contributed by atoms with E-state index >= 15 is 0 Å². The lowest BCUT2D eigenvalue weighted by Gasteiger charge is -2.10. The number of aryl methyl sites for hydroxylation is 3. The van der Waals surface area contributed by atoms with E-state index < -0.39 is 10.1 Å². The summed E-state index contributed by atoms with van der Waals surface area (Å²) in [7, 11) is -3.78. The molecule has 19 heavy (non-hydrogen) atoms. The first kappa shape index (κ1) is 13.6. The van der Waals surface area contributed by atoms with Crippen LogP contribution < -0.4 is 4.18 Å². The van der Waals surface area contributed by atoms with Crippen LogP contribution in [0.1, 0.15) is 16.7 Å². The van der Waals surface area contributed by atoms with E-state index in [4.69, 9.17) is 4.18 Å². The second kappa shape index (κ2) is 5.05. The van der Waals surface area contributed by atoms with Crippen LogP contribution in [0.2, 0.25) is 0 Å². The van der Waals surface area contributed by atoms with Crippen molar-refractivity contribution in [2.24, 2.45) is 0 Å². The second-order valence-electron chi connectivity index (χ2n) is 4.62. The van der Waals surface area contributed by atoms with E-state index in [1.165, 1.54) is 0 Å². The Balaban J connectivity index is 2.37. The lowest BCUT2D eigenvalue weighted by molar-refractivity contribution is 0.485. The van der Waals surface area contributed by atoms with Crippen molar-refractivity contribution in [3.8, 4) is 5.75 Å². The zero-order valence-electron chi connectivity index (χ0n) is 11.2. The summed E-state index contributed by atoms with van der Waals surface area (Å²) in [6.07, 6.45) is 0. The fourth-order valence-electron chi connectivity index (χ4n) is 1.74. The molecule has 0 heterocycles. The van der Waals surface area contributed by atoms with Gasteiger partial charge < -0.3 is 4.18 Å². The molecule has 0 unspecified atom stereocenters. The average molecular weight is 276 g/mol. The second-order valence-corrected chi connectivity index (χ2v) is 6.13. The van der Waals surface area contributed by atoms with Gasteiger partial charge in [-0.2, -0.15) is 8.42 Å². The highest BCUT2D eigenvalue weighted by Crippen LogP contribution is 2.22. The zero-order chi connectivity index (χ0) is 14.0. The largest absolute Gasteiger partial charge is 0.379 e. The number of rotatable bonds is 3. The van der Waals surface area contributed by atoms with Gasteiger partial charge in [0.2, 0.25) is 0 Å². The van der Waals surface area contributed by atoms with Crippen LogP contribution in [0.5, 0.6) is 5.75 Å². The molecule has 0 radical (unpaired) electrons. The normalized spacial score (nSPS) is 11.3. The standard InChI is InChI=1S/C15H16O3S/c1-11-5-8-14(9-6-11)18-19(16,17)15-10-12(2)4-7-13(15)3/h4-10H,1-3H3. The van der Waals surface area contributed by atoms with Crippen LogP contribution in [0, 0.1) is 20.8 Å². The maximum atomic E-state index is 12.2. The van der Waals surface area contributed by atoms with Gasteiger partial charge in [-0.15, -0.1) is 0 Å². The van der Waals surface area contributed by atoms with Crippen molar-refractivity contribution in [1.82, 2.24) is 0 Å². The first-order chi connectivity index (χ1) is 8.88. The van der Waals surface area contributed by atoms with E-state index in [0.717, 1.165) is 11.1 Å². The third-order valence-electron chi connectivity index (χ3n) is 2.84. The summed E-state index contributed by atoms with van der Waals surface area (Å²) < 4.78 is 29.6. The monoisotopic (exact) mass is 276 g/mol. The van der Waals surface area contributed by atoms with E-state index in [0.29, 0.717) is 11.3 Å². The summed E-state index contributed by atoms with van der Waals surface area (Å²) in [6.45, 7) is 5.54. The molecule has 2 rings (SSSR count). The Hall–Kier alpha value is -1.81. The molecule has 0 aliphatic carbocycles. The van der Waals surface area contributed by atoms with E-state index in [1.54, 1.807) is 31.2 Å². The van der Waals surface area contributed by atoms with Gasteiger partial charge in [-0.3, -0.25) is 0 Å². The van der Waals surface area contributed by atoms with Crippen molar-refractivity contribution in [1.29, 1.82) is 0 Å². The van der Waals surface area contributed by atoms with E-state index in [9.17, 15) is 8.42 Å². The summed E-state index contributed by atoms with van der Waals surface area (Å²) in [4.78, 5) is 0.216. The number of benzene rings is 2. The van der Waals surface area contributed by atoms with E-state index in [1.807, 2.05) is 32.0 Å². The van der Waals surface area contributed by atoms with Gasteiger partial charge in [-0.25, -0.2) is 0 Å². The van der Waals surface area contributed by atoms with Crippen LogP contribution in [0.25, 0.3) is 0 Å². The van der Waals surface area contributed by atoms with Crippen molar-refractivity contribution in [3.63, 3.8) is 0 Å². The molecule has 0 fully saturated rings. The molecule has 0 aromatic heterocycles. The quantitative estimate of drug-likeness (QED) is 0.807. The maximum Gasteiger partial charge on any atom is 0.339 e. The Bertz CT molecular complexity index is 686. The molecule has 0 atom stereocenters. The summed E-state index contributed by atoms with van der Waals surface area (Å²) in [5, 5.41) is 0. The summed E-state index contributed by atoms with van der Waals surface area (Å²) in [6, 6.07) is 12.2. The lowest BCUT2D eigenvalue weighted by Crippen LogP contribution is -2.11. The van der Waals surface area contributed by atoms with Crippen LogP contribution in [-0.2, 0) is 10.1 Å². The molecule has 0 N–H and O–H groups in total. The fraction of sp³-hybridized carbons (Fsp3) is 0.200. The Labute approximate surface area is 114 Å². The third kappa shape index (κ3) is 3.15. The van der Waals surface area contributed by atoms with E-state index in [-0.39, 0.29) is 4.90 Å². The van der Waals surface area contributed by atoms with Crippen LogP contribution >= 0.6 is 0 Å². The smallest absolute Gasteiger partial charge is 0.339 e. The first-order valence-electron chi connectivity index (χ1n) is 5.97. The number of hydrogen-bond acceptors (Lipinski definition) is 3. The summed E-state index contributed by atoms with van der Waals surface area (Å²) in [5.74, 6) is 0.325. The Morgan fingerprint density at radius 1 is 0.842 bits per heavy atom. The molecule has 3 nitrogen and oxygen atoms in total. The average Bonchev–Trinajstić information content (AvgIpc) is 2.35. The first-order valence-corrected chi connectivity index (χ1v) is 7.38. The molecule has 100 valence electrons. The Kier molecular flexibility index (Phi) is 3.62. The van der Waals surface area contributed by atoms with Gasteiger partial charge in [0.05, 0.1) is 0 Å². The molecule has 0 saturated carbocycles. The molecule has 4 heteroatoms. The molecule has 0 bridgehead atoms. The minimum Gasteiger partial charge on any atom is -0.379 e. The van der Waals surface area contributed by atoms with Crippen molar-refractivity contribution < 1.29 is 12.6 Å². The predicted molar refractivity (Wildman–Crippen MR) is 74.9 cm³/mol. The minimum atomic E-state index is -3.78. The minimum absolute atomic E-state index is 0.216. The van der Waals surface area contributed by atoms with Gasteiger partial charge in [0.1, 0.15) is 10.6 Å². The molecule has 0 aliphatic heterocycles. The van der Waals surface area contributed by atoms with Gasteiger partial charge in [0.25, 0.3) is 0 Å². The van der Waals surface area contributed by atoms with Gasteiger partial charge in [0.15, 0.2) is 0 Å². The molecule has 2 aromatic carbocycles. The molecular formula is C15H16O3S. The molecule has 0 amide bonds. The predicted octanol–water partition coefficient (Wildman–Crippen LogP) is 3.38. The van der Waals surface area contributed by atoms with Gasteiger partial charge in [0, 0.05) is 0 Å².